The molecule has 140 valence electrons. The van der Waals surface area contributed by atoms with Crippen LogP contribution in [0.1, 0.15) is 35.8 Å². The zero-order valence-electron chi connectivity index (χ0n) is 15.7. The summed E-state index contributed by atoms with van der Waals surface area (Å²) in [5.41, 5.74) is 3.95. The van der Waals surface area contributed by atoms with Gasteiger partial charge in [0, 0.05) is 36.7 Å². The van der Waals surface area contributed by atoms with E-state index < -0.39 is 0 Å². The number of H-pyrrole nitrogens is 1. The second kappa shape index (κ2) is 7.82. The van der Waals surface area contributed by atoms with Gasteiger partial charge >= 0.3 is 0 Å². The highest BCUT2D eigenvalue weighted by atomic mass is 16.2. The van der Waals surface area contributed by atoms with Gasteiger partial charge in [0.05, 0.1) is 11.9 Å². The highest BCUT2D eigenvalue weighted by molar-refractivity contribution is 5.92. The molecule has 2 N–H and O–H groups in total. The number of para-hydroxylation sites is 1. The van der Waals surface area contributed by atoms with Gasteiger partial charge in [0.2, 0.25) is 0 Å². The first-order valence-electron chi connectivity index (χ1n) is 9.75. The summed E-state index contributed by atoms with van der Waals surface area (Å²) in [5.74, 6) is 0.762. The van der Waals surface area contributed by atoms with Crippen molar-refractivity contribution in [2.24, 2.45) is 5.92 Å². The number of aromatic nitrogens is 2. The third-order valence-corrected chi connectivity index (χ3v) is 5.45. The van der Waals surface area contributed by atoms with Crippen LogP contribution in [0.2, 0.25) is 0 Å². The van der Waals surface area contributed by atoms with Crippen molar-refractivity contribution in [1.82, 2.24) is 14.9 Å². The Morgan fingerprint density at radius 2 is 2.04 bits per heavy atom. The first-order valence-corrected chi connectivity index (χ1v) is 9.75. The Labute approximate surface area is 159 Å². The SMILES string of the molecule is CC1CCN(C(=O)c2ccc(NCCc3c[nH]c4ccccc34)cn2)CC1. The monoisotopic (exact) mass is 362 g/mol. The number of likely N-dealkylation sites (tertiary alicyclic amines) is 1. The number of pyridine rings is 1. The zero-order valence-corrected chi connectivity index (χ0v) is 15.7. The Morgan fingerprint density at radius 3 is 2.81 bits per heavy atom. The Hall–Kier alpha value is -2.82. The van der Waals surface area contributed by atoms with E-state index in [1.54, 1.807) is 6.20 Å². The maximum absolute atomic E-state index is 12.6. The van der Waals surface area contributed by atoms with Crippen LogP contribution in [0.15, 0.2) is 48.8 Å². The summed E-state index contributed by atoms with van der Waals surface area (Å²) in [6.07, 6.45) is 6.93. The fourth-order valence-corrected chi connectivity index (χ4v) is 3.68. The number of piperidine rings is 1. The molecule has 0 atom stereocenters. The summed E-state index contributed by atoms with van der Waals surface area (Å²) in [6, 6.07) is 12.1. The molecular formula is C22H26N4O. The Kier molecular flexibility index (Phi) is 5.10. The fourth-order valence-electron chi connectivity index (χ4n) is 3.68. The van der Waals surface area contributed by atoms with E-state index in [9.17, 15) is 4.79 Å². The van der Waals surface area contributed by atoms with Crippen molar-refractivity contribution in [2.45, 2.75) is 26.2 Å². The number of hydrogen-bond donors (Lipinski definition) is 2. The topological polar surface area (TPSA) is 61.0 Å². The summed E-state index contributed by atoms with van der Waals surface area (Å²) < 4.78 is 0. The number of hydrogen-bond acceptors (Lipinski definition) is 3. The third-order valence-electron chi connectivity index (χ3n) is 5.45. The van der Waals surface area contributed by atoms with E-state index in [1.165, 1.54) is 16.5 Å². The fraction of sp³-hybridized carbons (Fsp3) is 0.364. The highest BCUT2D eigenvalue weighted by Crippen LogP contribution is 2.19. The Bertz CT molecular complexity index is 907. The maximum Gasteiger partial charge on any atom is 0.272 e. The van der Waals surface area contributed by atoms with Gasteiger partial charge in [-0.15, -0.1) is 0 Å². The number of carbonyl (C=O) groups excluding carboxylic acids is 1. The molecule has 3 heterocycles. The number of nitrogens with zero attached hydrogens (tertiary/aromatic N) is 2. The summed E-state index contributed by atoms with van der Waals surface area (Å²) >= 11 is 0. The zero-order chi connectivity index (χ0) is 18.6. The van der Waals surface area contributed by atoms with Crippen molar-refractivity contribution in [2.75, 3.05) is 25.0 Å². The van der Waals surface area contributed by atoms with E-state index in [-0.39, 0.29) is 5.91 Å². The standard InChI is InChI=1S/C22H26N4O/c1-16-9-12-26(13-10-16)22(27)21-7-6-18(15-25-21)23-11-8-17-14-24-20-5-3-2-4-19(17)20/h2-7,14-16,23-24H,8-13H2,1H3. The van der Waals surface area contributed by atoms with Gasteiger partial charge in [-0.1, -0.05) is 25.1 Å². The van der Waals surface area contributed by atoms with Crippen LogP contribution in [0.3, 0.4) is 0 Å². The average molecular weight is 362 g/mol. The molecule has 27 heavy (non-hydrogen) atoms. The van der Waals surface area contributed by atoms with Crippen molar-refractivity contribution in [3.05, 3.63) is 60.0 Å². The van der Waals surface area contributed by atoms with Crippen LogP contribution in [0, 0.1) is 5.92 Å². The summed E-state index contributed by atoms with van der Waals surface area (Å²) in [6.45, 7) is 4.75. The van der Waals surface area contributed by atoms with Gasteiger partial charge in [0.1, 0.15) is 5.69 Å². The summed E-state index contributed by atoms with van der Waals surface area (Å²) in [5, 5.41) is 4.67. The van der Waals surface area contributed by atoms with E-state index in [4.69, 9.17) is 0 Å². The van der Waals surface area contributed by atoms with Crippen molar-refractivity contribution < 1.29 is 4.79 Å². The second-order valence-electron chi connectivity index (χ2n) is 7.44. The molecule has 0 spiro atoms. The van der Waals surface area contributed by atoms with Crippen LogP contribution in [0.25, 0.3) is 10.9 Å². The van der Waals surface area contributed by atoms with Crippen molar-refractivity contribution in [3.8, 4) is 0 Å². The van der Waals surface area contributed by atoms with E-state index in [0.29, 0.717) is 11.6 Å². The molecule has 0 radical (unpaired) electrons. The number of rotatable bonds is 5. The lowest BCUT2D eigenvalue weighted by Crippen LogP contribution is -2.38. The predicted molar refractivity (Wildman–Crippen MR) is 109 cm³/mol. The van der Waals surface area contributed by atoms with Crippen LogP contribution in [0.4, 0.5) is 5.69 Å². The number of amides is 1. The third kappa shape index (κ3) is 3.97. The molecule has 4 rings (SSSR count). The first-order chi connectivity index (χ1) is 13.2. The van der Waals surface area contributed by atoms with Crippen molar-refractivity contribution in [1.29, 1.82) is 0 Å². The largest absolute Gasteiger partial charge is 0.383 e. The normalized spacial score (nSPS) is 15.2. The lowest BCUT2D eigenvalue weighted by molar-refractivity contribution is 0.0691. The summed E-state index contributed by atoms with van der Waals surface area (Å²) in [4.78, 5) is 22.2. The molecule has 1 aliphatic rings. The average Bonchev–Trinajstić information content (AvgIpc) is 3.12. The molecule has 1 saturated heterocycles. The molecule has 0 unspecified atom stereocenters. The molecule has 2 aromatic heterocycles. The lowest BCUT2D eigenvalue weighted by atomic mass is 9.99. The second-order valence-corrected chi connectivity index (χ2v) is 7.44. The van der Waals surface area contributed by atoms with Crippen molar-refractivity contribution in [3.63, 3.8) is 0 Å². The van der Waals surface area contributed by atoms with Gasteiger partial charge in [0.15, 0.2) is 0 Å². The molecule has 5 heteroatoms. The smallest absolute Gasteiger partial charge is 0.272 e. The van der Waals surface area contributed by atoms with Gasteiger partial charge in [-0.2, -0.15) is 0 Å². The molecule has 0 saturated carbocycles. The number of benzene rings is 1. The van der Waals surface area contributed by atoms with E-state index in [1.807, 2.05) is 23.1 Å². The van der Waals surface area contributed by atoms with Crippen LogP contribution in [-0.4, -0.2) is 40.4 Å². The molecule has 0 bridgehead atoms. The molecule has 1 amide bonds. The van der Waals surface area contributed by atoms with Gasteiger partial charge in [-0.25, -0.2) is 4.98 Å². The van der Waals surface area contributed by atoms with Crippen molar-refractivity contribution >= 4 is 22.5 Å². The number of nitrogens with one attached hydrogen (secondary N) is 2. The Balaban J connectivity index is 1.32. The minimum atomic E-state index is 0.0484. The van der Waals surface area contributed by atoms with E-state index >= 15 is 0 Å². The lowest BCUT2D eigenvalue weighted by Gasteiger charge is -2.30. The summed E-state index contributed by atoms with van der Waals surface area (Å²) in [7, 11) is 0. The predicted octanol–water partition coefficient (Wildman–Crippen LogP) is 4.09. The number of aromatic amines is 1. The number of carbonyl (C=O) groups is 1. The van der Waals surface area contributed by atoms with Gasteiger partial charge in [0.25, 0.3) is 5.91 Å². The van der Waals surface area contributed by atoms with E-state index in [2.05, 4.69) is 46.6 Å². The van der Waals surface area contributed by atoms with Crippen LogP contribution >= 0.6 is 0 Å². The number of fused-ring (bicyclic) bond motifs is 1. The van der Waals surface area contributed by atoms with Gasteiger partial charge < -0.3 is 15.2 Å². The van der Waals surface area contributed by atoms with Gasteiger partial charge in [-0.3, -0.25) is 4.79 Å². The molecule has 1 fully saturated rings. The quantitative estimate of drug-likeness (QED) is 0.719. The highest BCUT2D eigenvalue weighted by Gasteiger charge is 2.22. The molecule has 1 aromatic carbocycles. The minimum absolute atomic E-state index is 0.0484. The molecule has 1 aliphatic heterocycles. The van der Waals surface area contributed by atoms with Crippen LogP contribution in [-0.2, 0) is 6.42 Å². The van der Waals surface area contributed by atoms with Crippen LogP contribution < -0.4 is 5.32 Å². The van der Waals surface area contributed by atoms with Gasteiger partial charge in [-0.05, 0) is 48.9 Å². The molecule has 0 aliphatic carbocycles. The molecule has 3 aromatic rings. The number of anilines is 1. The van der Waals surface area contributed by atoms with E-state index in [0.717, 1.165) is 44.6 Å². The molecular weight excluding hydrogens is 336 g/mol. The minimum Gasteiger partial charge on any atom is -0.383 e. The first kappa shape index (κ1) is 17.6. The Morgan fingerprint density at radius 1 is 1.22 bits per heavy atom. The van der Waals surface area contributed by atoms with Crippen LogP contribution in [0.5, 0.6) is 0 Å². The molecule has 5 nitrogen and oxygen atoms in total. The maximum atomic E-state index is 12.6.